The van der Waals surface area contributed by atoms with Gasteiger partial charge in [-0.05, 0) is 67.5 Å². The summed E-state index contributed by atoms with van der Waals surface area (Å²) in [4.78, 5) is 27.2. The molecule has 2 heterocycles. The van der Waals surface area contributed by atoms with Crippen molar-refractivity contribution in [3.63, 3.8) is 0 Å². The van der Waals surface area contributed by atoms with Crippen molar-refractivity contribution in [1.29, 1.82) is 0 Å². The highest BCUT2D eigenvalue weighted by Crippen LogP contribution is 2.37. The number of amides is 2. The highest BCUT2D eigenvalue weighted by atomic mass is 32.1. The molecule has 0 spiro atoms. The van der Waals surface area contributed by atoms with Crippen molar-refractivity contribution < 1.29 is 4.79 Å². The van der Waals surface area contributed by atoms with Gasteiger partial charge in [0.25, 0.3) is 0 Å². The van der Waals surface area contributed by atoms with Crippen LogP contribution in [0.15, 0.2) is 23.4 Å². The Bertz CT molecular complexity index is 893. The number of nitrogens with one attached hydrogen (secondary N) is 2. The van der Waals surface area contributed by atoms with Crippen LogP contribution < -0.4 is 10.6 Å². The van der Waals surface area contributed by atoms with E-state index >= 15 is 0 Å². The Morgan fingerprint density at radius 2 is 2.00 bits per heavy atom. The third-order valence-corrected chi connectivity index (χ3v) is 6.92. The van der Waals surface area contributed by atoms with Crippen LogP contribution in [0.1, 0.15) is 46.9 Å². The van der Waals surface area contributed by atoms with Gasteiger partial charge in [-0.3, -0.25) is 10.2 Å². The summed E-state index contributed by atoms with van der Waals surface area (Å²) < 4.78 is 0. The Balaban J connectivity index is 1.50. The van der Waals surface area contributed by atoms with Crippen LogP contribution in [-0.2, 0) is 32.4 Å². The zero-order chi connectivity index (χ0) is 19.5. The quantitative estimate of drug-likeness (QED) is 0.703. The van der Waals surface area contributed by atoms with Crippen molar-refractivity contribution in [3.05, 3.63) is 50.2 Å². The smallest absolute Gasteiger partial charge is 0.308 e. The van der Waals surface area contributed by atoms with E-state index in [0.717, 1.165) is 55.1 Å². The second kappa shape index (κ2) is 8.41. The lowest BCUT2D eigenvalue weighted by Gasteiger charge is -2.25. The summed E-state index contributed by atoms with van der Waals surface area (Å²) in [5, 5.41) is 9.76. The van der Waals surface area contributed by atoms with Crippen LogP contribution in [0.5, 0.6) is 0 Å². The number of anilines is 2. The third kappa shape index (κ3) is 3.95. The Labute approximate surface area is 169 Å². The van der Waals surface area contributed by atoms with Crippen molar-refractivity contribution >= 4 is 28.1 Å². The largest absolute Gasteiger partial charge is 0.324 e. The molecular weight excluding hydrogens is 372 g/mol. The Morgan fingerprint density at radius 1 is 1.18 bits per heavy atom. The number of fused-ring (bicyclic) bond motifs is 2. The van der Waals surface area contributed by atoms with E-state index in [0.29, 0.717) is 0 Å². The maximum Gasteiger partial charge on any atom is 0.324 e. The van der Waals surface area contributed by atoms with Crippen molar-refractivity contribution in [2.24, 2.45) is 5.18 Å². The molecule has 0 atom stereocenters. The number of aryl methyl sites for hydroxylation is 2. The molecule has 1 aliphatic heterocycles. The molecule has 1 aliphatic carbocycles. The molecule has 0 fully saturated rings. The number of benzene rings is 1. The maximum absolute atomic E-state index is 12.6. The fourth-order valence-corrected chi connectivity index (χ4v) is 5.50. The molecule has 0 saturated heterocycles. The third-order valence-electron chi connectivity index (χ3n) is 5.75. The number of nitroso groups, excluding NO2 is 1. The van der Waals surface area contributed by atoms with Gasteiger partial charge in [0, 0.05) is 29.2 Å². The monoisotopic (exact) mass is 398 g/mol. The lowest BCUT2D eigenvalue weighted by molar-refractivity contribution is 0.262. The van der Waals surface area contributed by atoms with Gasteiger partial charge in [0.1, 0.15) is 11.5 Å². The summed E-state index contributed by atoms with van der Waals surface area (Å²) in [5.74, 6) is 0. The first-order chi connectivity index (χ1) is 13.7. The summed E-state index contributed by atoms with van der Waals surface area (Å²) in [7, 11) is 0. The predicted molar refractivity (Wildman–Crippen MR) is 114 cm³/mol. The molecule has 0 bridgehead atoms. The van der Waals surface area contributed by atoms with Crippen LogP contribution in [0, 0.1) is 4.91 Å². The molecule has 2 aromatic rings. The number of likely N-dealkylation sites (N-methyl/N-ethyl adjacent to an activating group) is 1. The minimum absolute atomic E-state index is 0.104. The Hall–Kier alpha value is -2.25. The SMILES string of the molecule is CCN1CCc2c(sc(NC(=O)Nc3ccc4c(c3)CCCC4)c2CN=O)C1. The molecular formula is C21H26N4O2S. The number of urea groups is 1. The topological polar surface area (TPSA) is 73.8 Å². The summed E-state index contributed by atoms with van der Waals surface area (Å²) in [6.45, 7) is 5.10. The molecule has 0 saturated carbocycles. The fourth-order valence-electron chi connectivity index (χ4n) is 4.20. The normalized spacial score (nSPS) is 16.2. The highest BCUT2D eigenvalue weighted by Gasteiger charge is 2.24. The van der Waals surface area contributed by atoms with E-state index in [-0.39, 0.29) is 12.6 Å². The summed E-state index contributed by atoms with van der Waals surface area (Å²) in [6, 6.07) is 5.90. The molecule has 6 nitrogen and oxygen atoms in total. The maximum atomic E-state index is 12.6. The van der Waals surface area contributed by atoms with Gasteiger partial charge in [-0.2, -0.15) is 4.91 Å². The van der Waals surface area contributed by atoms with E-state index < -0.39 is 0 Å². The average molecular weight is 399 g/mol. The molecule has 4 rings (SSSR count). The van der Waals surface area contributed by atoms with Crippen LogP contribution >= 0.6 is 11.3 Å². The molecule has 1 aromatic carbocycles. The van der Waals surface area contributed by atoms with E-state index in [2.05, 4.69) is 39.8 Å². The van der Waals surface area contributed by atoms with Gasteiger partial charge in [0.2, 0.25) is 0 Å². The van der Waals surface area contributed by atoms with Crippen LogP contribution in [0.4, 0.5) is 15.5 Å². The standard InChI is InChI=1S/C21H26N4O2S/c1-2-25-10-9-17-18(12-22-27)20(28-19(17)13-25)24-21(26)23-16-8-7-14-5-3-4-6-15(14)11-16/h7-8,11H,2-6,9-10,12-13H2,1H3,(H2,23,24,26). The zero-order valence-electron chi connectivity index (χ0n) is 16.2. The molecule has 1 aromatic heterocycles. The number of thiophene rings is 1. The first kappa shape index (κ1) is 19.1. The van der Waals surface area contributed by atoms with Gasteiger partial charge in [0.15, 0.2) is 0 Å². The summed E-state index contributed by atoms with van der Waals surface area (Å²) in [6.07, 6.45) is 5.55. The van der Waals surface area contributed by atoms with E-state index in [4.69, 9.17) is 0 Å². The van der Waals surface area contributed by atoms with Crippen molar-refractivity contribution in [3.8, 4) is 0 Å². The van der Waals surface area contributed by atoms with Crippen LogP contribution in [-0.4, -0.2) is 24.0 Å². The van der Waals surface area contributed by atoms with Crippen LogP contribution in [0.3, 0.4) is 0 Å². The van der Waals surface area contributed by atoms with Crippen LogP contribution in [0.2, 0.25) is 0 Å². The van der Waals surface area contributed by atoms with Crippen molar-refractivity contribution in [1.82, 2.24) is 4.90 Å². The van der Waals surface area contributed by atoms with Gasteiger partial charge in [-0.25, -0.2) is 4.79 Å². The lowest BCUT2D eigenvalue weighted by atomic mass is 9.91. The molecule has 2 aliphatic rings. The minimum Gasteiger partial charge on any atom is -0.308 e. The Morgan fingerprint density at radius 3 is 2.79 bits per heavy atom. The lowest BCUT2D eigenvalue weighted by Crippen LogP contribution is -2.29. The van der Waals surface area contributed by atoms with E-state index in [1.165, 1.54) is 34.4 Å². The number of rotatable bonds is 5. The fraction of sp³-hybridized carbons (Fsp3) is 0.476. The van der Waals surface area contributed by atoms with Gasteiger partial charge >= 0.3 is 6.03 Å². The van der Waals surface area contributed by atoms with Gasteiger partial charge in [-0.15, -0.1) is 11.3 Å². The molecule has 2 N–H and O–H groups in total. The van der Waals surface area contributed by atoms with E-state index in [9.17, 15) is 9.70 Å². The highest BCUT2D eigenvalue weighted by molar-refractivity contribution is 7.16. The van der Waals surface area contributed by atoms with E-state index in [1.54, 1.807) is 11.3 Å². The predicted octanol–water partition coefficient (Wildman–Crippen LogP) is 4.92. The number of hydrogen-bond donors (Lipinski definition) is 2. The van der Waals surface area contributed by atoms with Gasteiger partial charge in [0.05, 0.1) is 0 Å². The second-order valence-corrected chi connectivity index (χ2v) is 8.59. The number of nitrogens with zero attached hydrogens (tertiary/aromatic N) is 2. The molecule has 0 radical (unpaired) electrons. The number of carbonyl (C=O) groups is 1. The van der Waals surface area contributed by atoms with Crippen LogP contribution in [0.25, 0.3) is 0 Å². The molecule has 148 valence electrons. The zero-order valence-corrected chi connectivity index (χ0v) is 17.0. The van der Waals surface area contributed by atoms with Gasteiger partial charge in [-0.1, -0.05) is 18.2 Å². The number of hydrogen-bond acceptors (Lipinski definition) is 5. The number of carbonyl (C=O) groups excluding carboxylic acids is 1. The first-order valence-corrected chi connectivity index (χ1v) is 10.8. The summed E-state index contributed by atoms with van der Waals surface area (Å²) in [5.41, 5.74) is 5.61. The molecule has 28 heavy (non-hydrogen) atoms. The van der Waals surface area contributed by atoms with Crippen molar-refractivity contribution in [2.45, 2.75) is 52.1 Å². The second-order valence-electron chi connectivity index (χ2n) is 7.49. The van der Waals surface area contributed by atoms with Crippen molar-refractivity contribution in [2.75, 3.05) is 23.7 Å². The average Bonchev–Trinajstić information content (AvgIpc) is 3.04. The van der Waals surface area contributed by atoms with Gasteiger partial charge < -0.3 is 5.32 Å². The van der Waals surface area contributed by atoms with E-state index in [1.807, 2.05) is 6.07 Å². The Kier molecular flexibility index (Phi) is 5.73. The summed E-state index contributed by atoms with van der Waals surface area (Å²) >= 11 is 1.57. The molecule has 0 unspecified atom stereocenters. The minimum atomic E-state index is -0.270. The molecule has 2 amide bonds. The molecule has 7 heteroatoms. The first-order valence-electron chi connectivity index (χ1n) is 10.0.